The van der Waals surface area contributed by atoms with Crippen LogP contribution in [-0.4, -0.2) is 34.0 Å². The van der Waals surface area contributed by atoms with Crippen LogP contribution < -0.4 is 0 Å². The molecule has 0 unspecified atom stereocenters. The summed E-state index contributed by atoms with van der Waals surface area (Å²) in [6.07, 6.45) is -9.36. The molecule has 1 aromatic heterocycles. The van der Waals surface area contributed by atoms with Gasteiger partial charge in [-0.05, 0) is 43.2 Å². The monoisotopic (exact) mass is 503 g/mol. The maximum absolute atomic E-state index is 13.1. The van der Waals surface area contributed by atoms with Crippen LogP contribution in [0.5, 0.6) is 0 Å². The van der Waals surface area contributed by atoms with Crippen LogP contribution in [0.2, 0.25) is 5.02 Å². The highest BCUT2D eigenvalue weighted by Gasteiger charge is 2.38. The molecule has 2 heterocycles. The van der Waals surface area contributed by atoms with Gasteiger partial charge >= 0.3 is 12.4 Å². The van der Waals surface area contributed by atoms with Crippen molar-refractivity contribution in [2.24, 2.45) is 0 Å². The second-order valence-electron chi connectivity index (χ2n) is 7.80. The summed E-state index contributed by atoms with van der Waals surface area (Å²) in [5.74, 6) is -0.513. The van der Waals surface area contributed by atoms with E-state index in [0.717, 1.165) is 0 Å². The molecular weight excluding hydrogens is 488 g/mol. The molecular formula is C22H16ClF6N3O2. The molecule has 0 spiro atoms. The first-order valence-corrected chi connectivity index (χ1v) is 10.5. The summed E-state index contributed by atoms with van der Waals surface area (Å²) in [6.45, 7) is 0.204. The zero-order valence-corrected chi connectivity index (χ0v) is 18.0. The van der Waals surface area contributed by atoms with Crippen molar-refractivity contribution in [3.63, 3.8) is 0 Å². The van der Waals surface area contributed by atoms with Crippen LogP contribution in [0.25, 0.3) is 11.4 Å². The van der Waals surface area contributed by atoms with Crippen molar-refractivity contribution in [1.82, 2.24) is 15.0 Å². The van der Waals surface area contributed by atoms with Gasteiger partial charge in [-0.3, -0.25) is 4.79 Å². The van der Waals surface area contributed by atoms with Gasteiger partial charge in [-0.2, -0.15) is 31.3 Å². The highest BCUT2D eigenvalue weighted by atomic mass is 35.5. The summed E-state index contributed by atoms with van der Waals surface area (Å²) < 4.78 is 84.0. The Hall–Kier alpha value is -3.08. The lowest BCUT2D eigenvalue weighted by Gasteiger charge is -2.30. The van der Waals surface area contributed by atoms with Gasteiger partial charge in [0.05, 0.1) is 16.1 Å². The Bertz CT molecular complexity index is 1170. The molecule has 0 saturated carbocycles. The van der Waals surface area contributed by atoms with Crippen LogP contribution in [0.4, 0.5) is 26.3 Å². The molecule has 1 amide bonds. The molecule has 3 aromatic rings. The van der Waals surface area contributed by atoms with E-state index in [4.69, 9.17) is 16.1 Å². The van der Waals surface area contributed by atoms with E-state index in [9.17, 15) is 31.1 Å². The number of hydrogen-bond donors (Lipinski definition) is 0. The van der Waals surface area contributed by atoms with Crippen LogP contribution in [0.15, 0.2) is 47.0 Å². The lowest BCUT2D eigenvalue weighted by Crippen LogP contribution is -2.38. The molecule has 0 radical (unpaired) electrons. The number of piperidine rings is 1. The van der Waals surface area contributed by atoms with Gasteiger partial charge < -0.3 is 9.42 Å². The van der Waals surface area contributed by atoms with E-state index in [-0.39, 0.29) is 25.1 Å². The second kappa shape index (κ2) is 8.94. The van der Waals surface area contributed by atoms with Crippen LogP contribution in [-0.2, 0) is 12.4 Å². The average Bonchev–Trinajstić information content (AvgIpc) is 3.27. The minimum Gasteiger partial charge on any atom is -0.339 e. The first-order chi connectivity index (χ1) is 15.9. The molecule has 34 heavy (non-hydrogen) atoms. The fourth-order valence-corrected chi connectivity index (χ4v) is 3.96. The number of rotatable bonds is 3. The quantitative estimate of drug-likeness (QED) is 0.386. The molecule has 1 fully saturated rings. The van der Waals surface area contributed by atoms with Crippen molar-refractivity contribution in [1.29, 1.82) is 0 Å². The van der Waals surface area contributed by atoms with Crippen molar-refractivity contribution >= 4 is 17.5 Å². The Kier molecular flexibility index (Phi) is 6.32. The van der Waals surface area contributed by atoms with Gasteiger partial charge in [0.25, 0.3) is 5.91 Å². The average molecular weight is 504 g/mol. The molecule has 2 aromatic carbocycles. The maximum Gasteiger partial charge on any atom is 0.416 e. The fraction of sp³-hybridized carbons (Fsp3) is 0.318. The van der Waals surface area contributed by atoms with Gasteiger partial charge in [0.1, 0.15) is 0 Å². The number of hydrogen-bond acceptors (Lipinski definition) is 4. The third-order valence-electron chi connectivity index (χ3n) is 5.52. The Labute approximate surface area is 194 Å². The number of aromatic nitrogens is 2. The fourth-order valence-electron chi connectivity index (χ4n) is 3.74. The van der Waals surface area contributed by atoms with E-state index in [1.54, 1.807) is 24.3 Å². The summed E-state index contributed by atoms with van der Waals surface area (Å²) >= 11 is 6.14. The van der Waals surface area contributed by atoms with Gasteiger partial charge in [-0.25, -0.2) is 0 Å². The number of nitrogens with zero attached hydrogens (tertiary/aromatic N) is 3. The first-order valence-electron chi connectivity index (χ1n) is 10.1. The lowest BCUT2D eigenvalue weighted by molar-refractivity contribution is -0.143. The molecule has 0 aliphatic carbocycles. The van der Waals surface area contributed by atoms with Crippen LogP contribution in [0.1, 0.15) is 46.1 Å². The van der Waals surface area contributed by atoms with E-state index in [1.165, 1.54) is 4.90 Å². The van der Waals surface area contributed by atoms with E-state index in [2.05, 4.69) is 10.1 Å². The summed E-state index contributed by atoms with van der Waals surface area (Å²) in [5, 5.41) is 4.36. The molecule has 5 nitrogen and oxygen atoms in total. The minimum atomic E-state index is -5.03. The van der Waals surface area contributed by atoms with Gasteiger partial charge in [0.2, 0.25) is 11.7 Å². The Morgan fingerprint density at radius 2 is 1.56 bits per heavy atom. The number of alkyl halides is 6. The predicted molar refractivity (Wildman–Crippen MR) is 109 cm³/mol. The molecule has 12 heteroatoms. The van der Waals surface area contributed by atoms with Gasteiger partial charge in [-0.1, -0.05) is 28.9 Å². The number of carbonyl (C=O) groups excluding carboxylic acids is 1. The van der Waals surface area contributed by atoms with Gasteiger partial charge in [0, 0.05) is 30.1 Å². The van der Waals surface area contributed by atoms with Crippen LogP contribution in [0, 0.1) is 0 Å². The predicted octanol–water partition coefficient (Wildman–Crippen LogP) is 6.45. The zero-order chi connectivity index (χ0) is 24.7. The summed E-state index contributed by atoms with van der Waals surface area (Å²) in [7, 11) is 0. The topological polar surface area (TPSA) is 59.2 Å². The molecule has 1 aliphatic heterocycles. The molecule has 180 valence electrons. The molecule has 1 saturated heterocycles. The normalized spacial score (nSPS) is 15.6. The van der Waals surface area contributed by atoms with Gasteiger partial charge in [-0.15, -0.1) is 0 Å². The van der Waals surface area contributed by atoms with E-state index >= 15 is 0 Å². The molecule has 4 rings (SSSR count). The zero-order valence-electron chi connectivity index (χ0n) is 17.3. The van der Waals surface area contributed by atoms with Crippen molar-refractivity contribution in [2.75, 3.05) is 13.1 Å². The Morgan fingerprint density at radius 3 is 2.12 bits per heavy atom. The van der Waals surface area contributed by atoms with Crippen LogP contribution >= 0.6 is 11.6 Å². The number of amides is 1. The molecule has 0 bridgehead atoms. The van der Waals surface area contributed by atoms with E-state index < -0.39 is 35.0 Å². The lowest BCUT2D eigenvalue weighted by atomic mass is 9.95. The number of benzene rings is 2. The van der Waals surface area contributed by atoms with Crippen molar-refractivity contribution in [3.8, 4) is 11.4 Å². The number of carbonyl (C=O) groups is 1. The first kappa shape index (κ1) is 24.1. The van der Waals surface area contributed by atoms with E-state index in [0.29, 0.717) is 47.3 Å². The standard InChI is InChI=1S/C22H16ClF6N3O2/c23-17-4-2-1-3-16(17)18-30-19(34-31-18)12-5-7-32(8-6-12)20(33)13-9-14(21(24,25)26)11-15(10-13)22(27,28)29/h1-4,9-12H,5-8H2. The molecule has 0 N–H and O–H groups in total. The second-order valence-corrected chi connectivity index (χ2v) is 8.20. The largest absolute Gasteiger partial charge is 0.416 e. The van der Waals surface area contributed by atoms with Gasteiger partial charge in [0.15, 0.2) is 0 Å². The van der Waals surface area contributed by atoms with Crippen molar-refractivity contribution in [2.45, 2.75) is 31.1 Å². The SMILES string of the molecule is O=C(c1cc(C(F)(F)F)cc(C(F)(F)F)c1)N1CCC(c2nc(-c3ccccc3Cl)no2)CC1. The summed E-state index contributed by atoms with van der Waals surface area (Å²) in [6, 6.07) is 7.79. The number of halogens is 7. The number of likely N-dealkylation sites (tertiary alicyclic amines) is 1. The summed E-state index contributed by atoms with van der Waals surface area (Å²) in [4.78, 5) is 18.3. The Morgan fingerprint density at radius 1 is 0.971 bits per heavy atom. The van der Waals surface area contributed by atoms with E-state index in [1.807, 2.05) is 0 Å². The third kappa shape index (κ3) is 5.03. The maximum atomic E-state index is 13.1. The van der Waals surface area contributed by atoms with Crippen molar-refractivity contribution in [3.05, 3.63) is 70.1 Å². The summed E-state index contributed by atoms with van der Waals surface area (Å²) in [5.41, 5.74) is -3.15. The molecule has 0 atom stereocenters. The Balaban J connectivity index is 1.49. The highest BCUT2D eigenvalue weighted by molar-refractivity contribution is 6.33. The highest BCUT2D eigenvalue weighted by Crippen LogP contribution is 2.37. The smallest absolute Gasteiger partial charge is 0.339 e. The third-order valence-corrected chi connectivity index (χ3v) is 5.85. The molecule has 1 aliphatic rings. The minimum absolute atomic E-state index is 0.00479. The van der Waals surface area contributed by atoms with Crippen LogP contribution in [0.3, 0.4) is 0 Å². The van der Waals surface area contributed by atoms with Crippen molar-refractivity contribution < 1.29 is 35.7 Å².